The van der Waals surface area contributed by atoms with Gasteiger partial charge in [-0.1, -0.05) is 207 Å². The summed E-state index contributed by atoms with van der Waals surface area (Å²) in [6, 6.07) is 0. The quantitative estimate of drug-likeness (QED) is 0.0756. The van der Waals surface area contributed by atoms with E-state index in [1.807, 2.05) is 0 Å². The molecular formula is C38H78O3. The van der Waals surface area contributed by atoms with Crippen LogP contribution in [0.4, 0.5) is 0 Å². The molecule has 3 heteroatoms. The summed E-state index contributed by atoms with van der Waals surface area (Å²) in [5.74, 6) is -0.653. The number of hydrogen-bond donors (Lipinski definition) is 2. The van der Waals surface area contributed by atoms with E-state index in [1.54, 1.807) is 0 Å². The summed E-state index contributed by atoms with van der Waals surface area (Å²) in [6.45, 7) is 6.81. The van der Waals surface area contributed by atoms with Crippen LogP contribution in [0, 0.1) is 0 Å². The van der Waals surface area contributed by atoms with Crippen LogP contribution in [-0.2, 0) is 4.79 Å². The fourth-order valence-corrected chi connectivity index (χ4v) is 5.64. The number of rotatable bonds is 33. The summed E-state index contributed by atoms with van der Waals surface area (Å²) in [6.07, 6.45) is 42.5. The highest BCUT2D eigenvalue weighted by molar-refractivity contribution is 5.66. The van der Waals surface area contributed by atoms with Crippen LogP contribution in [0.2, 0.25) is 0 Å². The van der Waals surface area contributed by atoms with Crippen molar-refractivity contribution in [1.82, 2.24) is 0 Å². The number of carboxylic acids is 1. The first-order valence-electron chi connectivity index (χ1n) is 19.0. The summed E-state index contributed by atoms with van der Waals surface area (Å²) < 4.78 is 0. The topological polar surface area (TPSA) is 57.5 Å². The molecule has 0 amide bonds. The molecule has 0 spiro atoms. The number of hydrogen-bond acceptors (Lipinski definition) is 2. The maximum Gasteiger partial charge on any atom is 0.303 e. The lowest BCUT2D eigenvalue weighted by atomic mass is 10.0. The Labute approximate surface area is 259 Å². The summed E-state index contributed by atoms with van der Waals surface area (Å²) in [5.41, 5.74) is 0. The third-order valence-corrected chi connectivity index (χ3v) is 8.53. The van der Waals surface area contributed by atoms with Gasteiger partial charge in [0, 0.05) is 6.42 Å². The van der Waals surface area contributed by atoms with Crippen LogP contribution in [0.3, 0.4) is 0 Å². The van der Waals surface area contributed by atoms with Gasteiger partial charge in [0.15, 0.2) is 0 Å². The van der Waals surface area contributed by atoms with E-state index in [9.17, 15) is 9.90 Å². The Balaban J connectivity index is 0. The van der Waals surface area contributed by atoms with E-state index in [2.05, 4.69) is 20.8 Å². The SMILES string of the molecule is CCCCCCCCCCC(O)CCCCCCCCC.CCCCCCCCCCCCCCCCCC(=O)O. The maximum atomic E-state index is 10.3. The van der Waals surface area contributed by atoms with Crippen molar-refractivity contribution in [2.24, 2.45) is 0 Å². The van der Waals surface area contributed by atoms with Gasteiger partial charge in [-0.05, 0) is 19.3 Å². The summed E-state index contributed by atoms with van der Waals surface area (Å²) >= 11 is 0. The molecule has 0 bridgehead atoms. The van der Waals surface area contributed by atoms with Crippen molar-refractivity contribution in [2.45, 2.75) is 239 Å². The van der Waals surface area contributed by atoms with E-state index >= 15 is 0 Å². The highest BCUT2D eigenvalue weighted by Gasteiger charge is 2.03. The molecule has 3 nitrogen and oxygen atoms in total. The minimum Gasteiger partial charge on any atom is -0.481 e. The lowest BCUT2D eigenvalue weighted by molar-refractivity contribution is -0.137. The average Bonchev–Trinajstić information content (AvgIpc) is 2.96. The largest absolute Gasteiger partial charge is 0.481 e. The van der Waals surface area contributed by atoms with Crippen molar-refractivity contribution in [2.75, 3.05) is 0 Å². The molecule has 0 aliphatic heterocycles. The maximum absolute atomic E-state index is 10.3. The van der Waals surface area contributed by atoms with E-state index in [1.165, 1.54) is 180 Å². The van der Waals surface area contributed by atoms with Gasteiger partial charge in [0.2, 0.25) is 0 Å². The van der Waals surface area contributed by atoms with E-state index < -0.39 is 5.97 Å². The number of carbonyl (C=O) groups is 1. The van der Waals surface area contributed by atoms with Crippen LogP contribution in [-0.4, -0.2) is 22.3 Å². The zero-order valence-electron chi connectivity index (χ0n) is 28.7. The fourth-order valence-electron chi connectivity index (χ4n) is 5.64. The molecule has 0 fully saturated rings. The van der Waals surface area contributed by atoms with Crippen molar-refractivity contribution >= 4 is 5.97 Å². The molecule has 1 unspecified atom stereocenters. The summed E-state index contributed by atoms with van der Waals surface area (Å²) in [4.78, 5) is 10.3. The molecule has 2 N–H and O–H groups in total. The minimum atomic E-state index is -0.653. The molecule has 0 rings (SSSR count). The van der Waals surface area contributed by atoms with E-state index in [-0.39, 0.29) is 6.10 Å². The van der Waals surface area contributed by atoms with Gasteiger partial charge in [-0.3, -0.25) is 4.79 Å². The van der Waals surface area contributed by atoms with Gasteiger partial charge in [-0.2, -0.15) is 0 Å². The third-order valence-electron chi connectivity index (χ3n) is 8.53. The molecule has 0 heterocycles. The van der Waals surface area contributed by atoms with E-state index in [4.69, 9.17) is 5.11 Å². The predicted molar refractivity (Wildman–Crippen MR) is 183 cm³/mol. The first-order chi connectivity index (χ1) is 20.1. The van der Waals surface area contributed by atoms with Gasteiger partial charge in [-0.15, -0.1) is 0 Å². The van der Waals surface area contributed by atoms with E-state index in [0.717, 1.165) is 25.7 Å². The Morgan fingerprint density at radius 1 is 0.390 bits per heavy atom. The standard InChI is InChI=1S/C20H42O.C18H36O2/c1-3-5-7-9-11-13-15-17-19-20(21)18-16-14-12-10-8-6-4-2;1-2-3-4-5-6-7-8-9-10-11-12-13-14-15-16-17-18(19)20/h20-21H,3-19H2,1-2H3;2-17H2,1H3,(H,19,20). The molecule has 0 radical (unpaired) electrons. The highest BCUT2D eigenvalue weighted by atomic mass is 16.4. The van der Waals surface area contributed by atoms with Gasteiger partial charge >= 0.3 is 5.97 Å². The fraction of sp³-hybridized carbons (Fsp3) is 0.974. The lowest BCUT2D eigenvalue weighted by Gasteiger charge is -2.10. The Kier molecular flexibility index (Phi) is 40.9. The van der Waals surface area contributed by atoms with Crippen molar-refractivity contribution in [3.63, 3.8) is 0 Å². The zero-order chi connectivity index (χ0) is 30.5. The molecular weight excluding hydrogens is 504 g/mol. The second-order valence-corrected chi connectivity index (χ2v) is 12.9. The molecule has 0 aromatic carbocycles. The average molecular weight is 583 g/mol. The highest BCUT2D eigenvalue weighted by Crippen LogP contribution is 2.15. The number of aliphatic hydroxyl groups excluding tert-OH is 1. The second kappa shape index (κ2) is 39.4. The molecule has 0 aliphatic rings. The number of unbranched alkanes of at least 4 members (excludes halogenated alkanes) is 27. The van der Waals surface area contributed by atoms with Crippen LogP contribution in [0.1, 0.15) is 233 Å². The lowest BCUT2D eigenvalue weighted by Crippen LogP contribution is -2.05. The number of aliphatic carboxylic acids is 1. The Morgan fingerprint density at radius 3 is 0.854 bits per heavy atom. The van der Waals surface area contributed by atoms with Crippen LogP contribution in [0.25, 0.3) is 0 Å². The van der Waals surface area contributed by atoms with Gasteiger partial charge in [0.1, 0.15) is 0 Å². The smallest absolute Gasteiger partial charge is 0.303 e. The molecule has 0 aliphatic carbocycles. The molecule has 1 atom stereocenters. The normalized spacial score (nSPS) is 11.8. The monoisotopic (exact) mass is 583 g/mol. The third kappa shape index (κ3) is 44.0. The Morgan fingerprint density at radius 2 is 0.610 bits per heavy atom. The second-order valence-electron chi connectivity index (χ2n) is 12.9. The molecule has 0 saturated heterocycles. The van der Waals surface area contributed by atoms with Crippen molar-refractivity contribution < 1.29 is 15.0 Å². The number of carboxylic acid groups (broad SMARTS) is 1. The summed E-state index contributed by atoms with van der Waals surface area (Å²) in [5, 5.41) is 18.5. The van der Waals surface area contributed by atoms with Crippen molar-refractivity contribution in [3.8, 4) is 0 Å². The molecule has 0 aromatic rings. The minimum absolute atomic E-state index is 0.0271. The van der Waals surface area contributed by atoms with Gasteiger partial charge in [-0.25, -0.2) is 0 Å². The molecule has 41 heavy (non-hydrogen) atoms. The Bertz CT molecular complexity index is 464. The van der Waals surface area contributed by atoms with Crippen molar-refractivity contribution in [3.05, 3.63) is 0 Å². The van der Waals surface area contributed by atoms with E-state index in [0.29, 0.717) is 6.42 Å². The first-order valence-corrected chi connectivity index (χ1v) is 19.0. The molecule has 248 valence electrons. The van der Waals surface area contributed by atoms with Gasteiger partial charge < -0.3 is 10.2 Å². The molecule has 0 saturated carbocycles. The first kappa shape index (κ1) is 42.6. The van der Waals surface area contributed by atoms with Crippen molar-refractivity contribution in [1.29, 1.82) is 0 Å². The Hall–Kier alpha value is -0.570. The number of aliphatic hydroxyl groups is 1. The molecule has 0 aromatic heterocycles. The van der Waals surface area contributed by atoms with Crippen LogP contribution < -0.4 is 0 Å². The van der Waals surface area contributed by atoms with Crippen LogP contribution in [0.15, 0.2) is 0 Å². The van der Waals surface area contributed by atoms with Gasteiger partial charge in [0.25, 0.3) is 0 Å². The van der Waals surface area contributed by atoms with Crippen LogP contribution in [0.5, 0.6) is 0 Å². The summed E-state index contributed by atoms with van der Waals surface area (Å²) in [7, 11) is 0. The van der Waals surface area contributed by atoms with Gasteiger partial charge in [0.05, 0.1) is 6.10 Å². The van der Waals surface area contributed by atoms with Crippen LogP contribution >= 0.6 is 0 Å². The zero-order valence-corrected chi connectivity index (χ0v) is 28.7. The predicted octanol–water partition coefficient (Wildman–Crippen LogP) is 13.4.